The molecule has 1 atom stereocenters. The van der Waals surface area contributed by atoms with Crippen LogP contribution in [-0.4, -0.2) is 44.3 Å². The van der Waals surface area contributed by atoms with E-state index in [9.17, 15) is 4.79 Å². The van der Waals surface area contributed by atoms with Crippen LogP contribution >= 0.6 is 11.6 Å². The molecule has 5 nitrogen and oxygen atoms in total. The van der Waals surface area contributed by atoms with Gasteiger partial charge in [0.1, 0.15) is 0 Å². The Kier molecular flexibility index (Phi) is 2.90. The van der Waals surface area contributed by atoms with Gasteiger partial charge in [-0.15, -0.1) is 16.7 Å². The Hall–Kier alpha value is -1.10. The molecule has 0 saturated carbocycles. The van der Waals surface area contributed by atoms with E-state index in [1.807, 2.05) is 0 Å². The van der Waals surface area contributed by atoms with Crippen LogP contribution in [0.3, 0.4) is 0 Å². The fraction of sp³-hybridized carbons (Fsp3) is 0.667. The third-order valence-electron chi connectivity index (χ3n) is 2.47. The van der Waals surface area contributed by atoms with Crippen molar-refractivity contribution in [3.63, 3.8) is 0 Å². The summed E-state index contributed by atoms with van der Waals surface area (Å²) in [5.41, 5.74) is 0.392. The second-order valence-electron chi connectivity index (χ2n) is 3.71. The van der Waals surface area contributed by atoms with Gasteiger partial charge in [0.05, 0.1) is 11.6 Å². The van der Waals surface area contributed by atoms with Crippen LogP contribution in [0.15, 0.2) is 6.20 Å². The van der Waals surface area contributed by atoms with Crippen molar-refractivity contribution in [2.75, 3.05) is 13.1 Å². The van der Waals surface area contributed by atoms with E-state index in [0.717, 1.165) is 19.4 Å². The van der Waals surface area contributed by atoms with Crippen LogP contribution in [0.25, 0.3) is 0 Å². The highest BCUT2D eigenvalue weighted by molar-refractivity contribution is 6.21. The molecule has 0 radical (unpaired) electrons. The maximum absolute atomic E-state index is 11.9. The maximum Gasteiger partial charge on any atom is 0.276 e. The molecule has 0 aliphatic carbocycles. The van der Waals surface area contributed by atoms with E-state index in [2.05, 4.69) is 10.2 Å². The zero-order valence-electron chi connectivity index (χ0n) is 8.56. The first-order valence-electron chi connectivity index (χ1n) is 4.96. The van der Waals surface area contributed by atoms with Gasteiger partial charge in [-0.2, -0.15) is 9.90 Å². The first kappa shape index (κ1) is 10.4. The Morgan fingerprint density at radius 3 is 3.07 bits per heavy atom. The summed E-state index contributed by atoms with van der Waals surface area (Å²) in [4.78, 5) is 15.0. The number of hydrogen-bond acceptors (Lipinski definition) is 3. The third-order valence-corrected chi connectivity index (χ3v) is 2.83. The average molecular weight is 229 g/mol. The molecule has 1 aromatic rings. The van der Waals surface area contributed by atoms with E-state index < -0.39 is 0 Å². The number of hydrogen-bond donors (Lipinski definition) is 0. The minimum Gasteiger partial charge on any atom is -0.336 e. The standard InChI is InChI=1S/C9H13ClN4O/c1-13-11-5-8(12-13)9(15)14-4-2-3-7(10)6-14/h5,7H,2-4,6H2,1H3. The van der Waals surface area contributed by atoms with Crippen molar-refractivity contribution in [2.24, 2.45) is 7.05 Å². The highest BCUT2D eigenvalue weighted by atomic mass is 35.5. The van der Waals surface area contributed by atoms with Gasteiger partial charge in [0, 0.05) is 20.1 Å². The van der Waals surface area contributed by atoms with E-state index in [1.165, 1.54) is 11.0 Å². The average Bonchev–Trinajstić information content (AvgIpc) is 2.64. The fourth-order valence-electron chi connectivity index (χ4n) is 1.72. The Bertz CT molecular complexity index is 365. The van der Waals surface area contributed by atoms with Crippen LogP contribution in [0, 0.1) is 0 Å². The topological polar surface area (TPSA) is 51.0 Å². The molecule has 1 aliphatic rings. The molecule has 1 unspecified atom stereocenters. The normalized spacial score (nSPS) is 21.7. The lowest BCUT2D eigenvalue weighted by atomic mass is 10.1. The fourth-order valence-corrected chi connectivity index (χ4v) is 2.04. The summed E-state index contributed by atoms with van der Waals surface area (Å²) in [5.74, 6) is -0.0755. The molecule has 2 rings (SSSR count). The lowest BCUT2D eigenvalue weighted by Gasteiger charge is -2.28. The quantitative estimate of drug-likeness (QED) is 0.664. The smallest absolute Gasteiger partial charge is 0.276 e. The monoisotopic (exact) mass is 228 g/mol. The Balaban J connectivity index is 2.07. The van der Waals surface area contributed by atoms with E-state index in [-0.39, 0.29) is 11.3 Å². The van der Waals surface area contributed by atoms with Crippen molar-refractivity contribution in [3.8, 4) is 0 Å². The molecule has 2 heterocycles. The number of rotatable bonds is 1. The number of carbonyl (C=O) groups is 1. The first-order chi connectivity index (χ1) is 7.16. The van der Waals surface area contributed by atoms with Gasteiger partial charge in [0.2, 0.25) is 0 Å². The highest BCUT2D eigenvalue weighted by Crippen LogP contribution is 2.16. The van der Waals surface area contributed by atoms with Gasteiger partial charge in [-0.3, -0.25) is 4.79 Å². The summed E-state index contributed by atoms with van der Waals surface area (Å²) < 4.78 is 0. The molecule has 6 heteroatoms. The van der Waals surface area contributed by atoms with Crippen molar-refractivity contribution in [3.05, 3.63) is 11.9 Å². The highest BCUT2D eigenvalue weighted by Gasteiger charge is 2.24. The summed E-state index contributed by atoms with van der Waals surface area (Å²) >= 11 is 6.01. The minimum atomic E-state index is -0.0755. The van der Waals surface area contributed by atoms with Crippen molar-refractivity contribution in [1.82, 2.24) is 19.9 Å². The molecule has 0 bridgehead atoms. The van der Waals surface area contributed by atoms with Crippen molar-refractivity contribution in [1.29, 1.82) is 0 Å². The van der Waals surface area contributed by atoms with Crippen LogP contribution in [0.1, 0.15) is 23.3 Å². The molecule has 0 spiro atoms. The second-order valence-corrected chi connectivity index (χ2v) is 4.33. The number of alkyl halides is 1. The number of likely N-dealkylation sites (tertiary alicyclic amines) is 1. The molecule has 1 amide bonds. The lowest BCUT2D eigenvalue weighted by Crippen LogP contribution is -2.40. The lowest BCUT2D eigenvalue weighted by molar-refractivity contribution is 0.0720. The van der Waals surface area contributed by atoms with Gasteiger partial charge >= 0.3 is 0 Å². The van der Waals surface area contributed by atoms with Crippen LogP contribution in [-0.2, 0) is 7.05 Å². The van der Waals surface area contributed by atoms with Crippen molar-refractivity contribution >= 4 is 17.5 Å². The summed E-state index contributed by atoms with van der Waals surface area (Å²) in [5, 5.41) is 7.93. The summed E-state index contributed by atoms with van der Waals surface area (Å²) in [6.45, 7) is 1.37. The van der Waals surface area contributed by atoms with Crippen LogP contribution in [0.2, 0.25) is 0 Å². The van der Waals surface area contributed by atoms with E-state index >= 15 is 0 Å². The summed E-state index contributed by atoms with van der Waals surface area (Å²) in [7, 11) is 1.69. The van der Waals surface area contributed by atoms with E-state index in [1.54, 1.807) is 11.9 Å². The van der Waals surface area contributed by atoms with E-state index in [0.29, 0.717) is 12.2 Å². The molecule has 82 valence electrons. The third kappa shape index (κ3) is 2.28. The van der Waals surface area contributed by atoms with E-state index in [4.69, 9.17) is 11.6 Å². The summed E-state index contributed by atoms with van der Waals surface area (Å²) in [6.07, 6.45) is 3.42. The van der Waals surface area contributed by atoms with Gasteiger partial charge in [0.25, 0.3) is 5.91 Å². The molecule has 1 fully saturated rings. The molecular weight excluding hydrogens is 216 g/mol. The largest absolute Gasteiger partial charge is 0.336 e. The van der Waals surface area contributed by atoms with Gasteiger partial charge < -0.3 is 4.90 Å². The number of piperidine rings is 1. The predicted molar refractivity (Wildman–Crippen MR) is 55.8 cm³/mol. The number of carbonyl (C=O) groups excluding carboxylic acids is 1. The number of halogens is 1. The van der Waals surface area contributed by atoms with Crippen LogP contribution in [0.4, 0.5) is 0 Å². The van der Waals surface area contributed by atoms with Crippen molar-refractivity contribution < 1.29 is 4.79 Å². The molecule has 1 saturated heterocycles. The molecule has 0 N–H and O–H groups in total. The number of nitrogens with zero attached hydrogens (tertiary/aromatic N) is 4. The zero-order valence-corrected chi connectivity index (χ0v) is 9.31. The molecule has 15 heavy (non-hydrogen) atoms. The Morgan fingerprint density at radius 1 is 1.67 bits per heavy atom. The van der Waals surface area contributed by atoms with Gasteiger partial charge in [0.15, 0.2) is 5.69 Å². The predicted octanol–water partition coefficient (Wildman–Crippen LogP) is 0.659. The molecule has 1 aliphatic heterocycles. The Morgan fingerprint density at radius 2 is 2.47 bits per heavy atom. The van der Waals surface area contributed by atoms with Gasteiger partial charge in [-0.05, 0) is 12.8 Å². The first-order valence-corrected chi connectivity index (χ1v) is 5.40. The summed E-state index contributed by atoms with van der Waals surface area (Å²) in [6, 6.07) is 0. The number of amides is 1. The van der Waals surface area contributed by atoms with Crippen LogP contribution in [0.5, 0.6) is 0 Å². The molecular formula is C9H13ClN4O. The maximum atomic E-state index is 11.9. The van der Waals surface area contributed by atoms with Gasteiger partial charge in [-0.1, -0.05) is 0 Å². The second kappa shape index (κ2) is 4.18. The van der Waals surface area contributed by atoms with Crippen LogP contribution < -0.4 is 0 Å². The number of aryl methyl sites for hydroxylation is 1. The molecule has 1 aromatic heterocycles. The van der Waals surface area contributed by atoms with Gasteiger partial charge in [-0.25, -0.2) is 0 Å². The molecule has 0 aromatic carbocycles. The zero-order chi connectivity index (χ0) is 10.8. The Labute approximate surface area is 93.0 Å². The SMILES string of the molecule is Cn1ncc(C(=O)N2CCCC(Cl)C2)n1. The van der Waals surface area contributed by atoms with Crippen molar-refractivity contribution in [2.45, 2.75) is 18.2 Å². The minimum absolute atomic E-state index is 0.0689. The number of aromatic nitrogens is 3.